The molecule has 0 fully saturated rings. The molecule has 0 radical (unpaired) electrons. The molecular formula is C14H23NO3. The number of Topliss-reactive ketones (excluding diaryl/α,β-unsaturated/α-hetero) is 1. The van der Waals surface area contributed by atoms with Crippen LogP contribution in [0.25, 0.3) is 0 Å². The molecule has 0 spiro atoms. The third kappa shape index (κ3) is 5.02. The molecular weight excluding hydrogens is 230 g/mol. The van der Waals surface area contributed by atoms with E-state index in [2.05, 4.69) is 12.2 Å². The Morgan fingerprint density at radius 3 is 2.78 bits per heavy atom. The second-order valence-corrected chi connectivity index (χ2v) is 4.54. The minimum atomic E-state index is 0.0230. The lowest BCUT2D eigenvalue weighted by Crippen LogP contribution is -2.31. The zero-order chi connectivity index (χ0) is 13.4. The van der Waals surface area contributed by atoms with Gasteiger partial charge in [-0.15, -0.1) is 0 Å². The Labute approximate surface area is 108 Å². The number of carbonyl (C=O) groups is 1. The van der Waals surface area contributed by atoms with Crippen LogP contribution >= 0.6 is 0 Å². The van der Waals surface area contributed by atoms with Crippen molar-refractivity contribution in [2.45, 2.75) is 45.6 Å². The lowest BCUT2D eigenvalue weighted by atomic mass is 10.1. The monoisotopic (exact) mass is 253 g/mol. The van der Waals surface area contributed by atoms with E-state index in [4.69, 9.17) is 9.52 Å². The Morgan fingerprint density at radius 1 is 1.44 bits per heavy atom. The molecule has 102 valence electrons. The highest BCUT2D eigenvalue weighted by Gasteiger charge is 2.11. The molecule has 0 aliphatic rings. The minimum absolute atomic E-state index is 0.0230. The van der Waals surface area contributed by atoms with Crippen molar-refractivity contribution in [3.63, 3.8) is 0 Å². The molecule has 1 heterocycles. The van der Waals surface area contributed by atoms with Gasteiger partial charge >= 0.3 is 0 Å². The highest BCUT2D eigenvalue weighted by Crippen LogP contribution is 2.09. The molecule has 18 heavy (non-hydrogen) atoms. The maximum Gasteiger partial charge on any atom is 0.199 e. The van der Waals surface area contributed by atoms with Gasteiger partial charge in [0.15, 0.2) is 11.5 Å². The first kappa shape index (κ1) is 14.9. The first-order valence-corrected chi connectivity index (χ1v) is 6.61. The molecule has 0 aliphatic carbocycles. The van der Waals surface area contributed by atoms with Crippen molar-refractivity contribution < 1.29 is 14.3 Å². The zero-order valence-corrected chi connectivity index (χ0v) is 11.2. The van der Waals surface area contributed by atoms with E-state index in [1.807, 2.05) is 6.92 Å². The van der Waals surface area contributed by atoms with Crippen LogP contribution in [0.2, 0.25) is 0 Å². The molecule has 0 saturated carbocycles. The van der Waals surface area contributed by atoms with E-state index in [-0.39, 0.29) is 12.4 Å². The minimum Gasteiger partial charge on any atom is -0.458 e. The maximum absolute atomic E-state index is 11.8. The second-order valence-electron chi connectivity index (χ2n) is 4.54. The summed E-state index contributed by atoms with van der Waals surface area (Å²) in [4.78, 5) is 11.8. The van der Waals surface area contributed by atoms with Crippen LogP contribution in [0.5, 0.6) is 0 Å². The van der Waals surface area contributed by atoms with Crippen LogP contribution in [0.4, 0.5) is 0 Å². The number of hydrogen-bond donors (Lipinski definition) is 2. The fourth-order valence-corrected chi connectivity index (χ4v) is 1.95. The van der Waals surface area contributed by atoms with Crippen molar-refractivity contribution in [3.8, 4) is 0 Å². The summed E-state index contributed by atoms with van der Waals surface area (Å²) < 4.78 is 5.28. The predicted molar refractivity (Wildman–Crippen MR) is 70.8 cm³/mol. The van der Waals surface area contributed by atoms with E-state index < -0.39 is 0 Å². The molecule has 1 atom stereocenters. The van der Waals surface area contributed by atoms with Gasteiger partial charge in [0.05, 0.1) is 0 Å². The number of aryl methyl sites for hydroxylation is 1. The first-order chi connectivity index (χ1) is 8.67. The van der Waals surface area contributed by atoms with Gasteiger partial charge in [0.25, 0.3) is 0 Å². The van der Waals surface area contributed by atoms with Gasteiger partial charge < -0.3 is 14.8 Å². The van der Waals surface area contributed by atoms with Crippen LogP contribution in [0.1, 0.15) is 48.9 Å². The summed E-state index contributed by atoms with van der Waals surface area (Å²) >= 11 is 0. The van der Waals surface area contributed by atoms with E-state index in [0.717, 1.165) is 25.0 Å². The van der Waals surface area contributed by atoms with Crippen molar-refractivity contribution in [1.29, 1.82) is 0 Å². The highest BCUT2D eigenvalue weighted by atomic mass is 16.3. The molecule has 4 heteroatoms. The van der Waals surface area contributed by atoms with Crippen LogP contribution in [0, 0.1) is 6.92 Å². The number of aliphatic hydroxyl groups is 1. The SMILES string of the molecule is CCCC(CCO)NCCC(=O)c1ccc(C)o1. The van der Waals surface area contributed by atoms with E-state index in [1.54, 1.807) is 12.1 Å². The van der Waals surface area contributed by atoms with E-state index in [0.29, 0.717) is 24.8 Å². The number of nitrogens with one attached hydrogen (secondary N) is 1. The molecule has 1 unspecified atom stereocenters. The summed E-state index contributed by atoms with van der Waals surface area (Å²) in [6, 6.07) is 3.81. The van der Waals surface area contributed by atoms with Crippen molar-refractivity contribution in [2.75, 3.05) is 13.2 Å². The quantitative estimate of drug-likeness (QED) is 0.663. The van der Waals surface area contributed by atoms with Crippen molar-refractivity contribution in [2.24, 2.45) is 0 Å². The summed E-state index contributed by atoms with van der Waals surface area (Å²) in [5.41, 5.74) is 0. The lowest BCUT2D eigenvalue weighted by Gasteiger charge is -2.16. The Balaban J connectivity index is 2.29. The lowest BCUT2D eigenvalue weighted by molar-refractivity contribution is 0.0953. The molecule has 0 aliphatic heterocycles. The Morgan fingerprint density at radius 2 is 2.22 bits per heavy atom. The standard InChI is InChI=1S/C14H23NO3/c1-3-4-12(8-10-16)15-9-7-13(17)14-6-5-11(2)18-14/h5-6,12,15-16H,3-4,7-10H2,1-2H3. The second kappa shape index (κ2) is 8.06. The number of rotatable bonds is 9. The van der Waals surface area contributed by atoms with E-state index in [9.17, 15) is 4.79 Å². The fourth-order valence-electron chi connectivity index (χ4n) is 1.95. The average molecular weight is 253 g/mol. The van der Waals surface area contributed by atoms with Crippen LogP contribution in [0.3, 0.4) is 0 Å². The summed E-state index contributed by atoms with van der Waals surface area (Å²) in [6.45, 7) is 4.75. The molecule has 1 aromatic heterocycles. The largest absolute Gasteiger partial charge is 0.458 e. The molecule has 1 aromatic rings. The van der Waals surface area contributed by atoms with E-state index in [1.165, 1.54) is 0 Å². The van der Waals surface area contributed by atoms with Crippen LogP contribution in [-0.2, 0) is 0 Å². The van der Waals surface area contributed by atoms with E-state index >= 15 is 0 Å². The maximum atomic E-state index is 11.8. The third-order valence-corrected chi connectivity index (χ3v) is 2.91. The van der Waals surface area contributed by atoms with Crippen molar-refractivity contribution in [3.05, 3.63) is 23.7 Å². The number of ketones is 1. The van der Waals surface area contributed by atoms with Gasteiger partial charge in [-0.25, -0.2) is 0 Å². The first-order valence-electron chi connectivity index (χ1n) is 6.61. The van der Waals surface area contributed by atoms with Crippen LogP contribution < -0.4 is 5.32 Å². The fraction of sp³-hybridized carbons (Fsp3) is 0.643. The molecule has 4 nitrogen and oxygen atoms in total. The molecule has 2 N–H and O–H groups in total. The zero-order valence-electron chi connectivity index (χ0n) is 11.2. The molecule has 0 aromatic carbocycles. The number of aliphatic hydroxyl groups excluding tert-OH is 1. The molecule has 0 saturated heterocycles. The van der Waals surface area contributed by atoms with Gasteiger partial charge in [-0.1, -0.05) is 13.3 Å². The van der Waals surface area contributed by atoms with Gasteiger partial charge in [0.1, 0.15) is 5.76 Å². The topological polar surface area (TPSA) is 62.5 Å². The summed E-state index contributed by atoms with van der Waals surface area (Å²) in [5, 5.41) is 12.2. The predicted octanol–water partition coefficient (Wildman–Crippen LogP) is 2.30. The smallest absolute Gasteiger partial charge is 0.199 e. The highest BCUT2D eigenvalue weighted by molar-refractivity contribution is 5.93. The number of furan rings is 1. The van der Waals surface area contributed by atoms with Gasteiger partial charge in [0, 0.05) is 25.6 Å². The molecule has 0 bridgehead atoms. The third-order valence-electron chi connectivity index (χ3n) is 2.91. The van der Waals surface area contributed by atoms with Crippen molar-refractivity contribution >= 4 is 5.78 Å². The van der Waals surface area contributed by atoms with Gasteiger partial charge in [0.2, 0.25) is 0 Å². The van der Waals surface area contributed by atoms with Crippen molar-refractivity contribution in [1.82, 2.24) is 5.32 Å². The average Bonchev–Trinajstić information content (AvgIpc) is 2.76. The van der Waals surface area contributed by atoms with Gasteiger partial charge in [-0.3, -0.25) is 4.79 Å². The normalized spacial score (nSPS) is 12.6. The van der Waals surface area contributed by atoms with Crippen LogP contribution in [-0.4, -0.2) is 30.1 Å². The summed E-state index contributed by atoms with van der Waals surface area (Å²) in [7, 11) is 0. The Kier molecular flexibility index (Phi) is 6.68. The number of hydrogen-bond acceptors (Lipinski definition) is 4. The number of carbonyl (C=O) groups excluding carboxylic acids is 1. The summed E-state index contributed by atoms with van der Waals surface area (Å²) in [5.74, 6) is 1.22. The summed E-state index contributed by atoms with van der Waals surface area (Å²) in [6.07, 6.45) is 3.26. The van der Waals surface area contributed by atoms with Crippen LogP contribution in [0.15, 0.2) is 16.5 Å². The molecule has 0 amide bonds. The van der Waals surface area contributed by atoms with Gasteiger partial charge in [-0.05, 0) is 31.9 Å². The molecule has 1 rings (SSSR count). The van der Waals surface area contributed by atoms with Gasteiger partial charge in [-0.2, -0.15) is 0 Å². The Hall–Kier alpha value is -1.13. The Bertz CT molecular complexity index is 354.